The van der Waals surface area contributed by atoms with Gasteiger partial charge in [0.05, 0.1) is 27.7 Å². The summed E-state index contributed by atoms with van der Waals surface area (Å²) >= 11 is 0. The number of phosphoric ester groups is 1. The van der Waals surface area contributed by atoms with Gasteiger partial charge in [-0.1, -0.05) is 205 Å². The third kappa shape index (κ3) is 57.2. The molecule has 0 bridgehead atoms. The van der Waals surface area contributed by atoms with Crippen molar-refractivity contribution in [2.75, 3.05) is 47.5 Å². The van der Waals surface area contributed by atoms with Crippen LogP contribution in [0.2, 0.25) is 0 Å². The monoisotopic (exact) mass is 1050 g/mol. The van der Waals surface area contributed by atoms with Crippen LogP contribution < -0.4 is 0 Å². The molecule has 0 saturated carbocycles. The Morgan fingerprint density at radius 2 is 0.770 bits per heavy atom. The van der Waals surface area contributed by atoms with Crippen LogP contribution in [0.15, 0.2) is 146 Å². The van der Waals surface area contributed by atoms with Crippen molar-refractivity contribution in [2.24, 2.45) is 0 Å². The number of esters is 2. The van der Waals surface area contributed by atoms with Gasteiger partial charge < -0.3 is 18.9 Å². The van der Waals surface area contributed by atoms with Gasteiger partial charge in [-0.2, -0.15) is 0 Å². The highest BCUT2D eigenvalue weighted by Crippen LogP contribution is 2.43. The Labute approximate surface area is 453 Å². The Kier molecular flexibility index (Phi) is 50.7. The first-order valence-corrected chi connectivity index (χ1v) is 30.1. The molecule has 0 amide bonds. The lowest BCUT2D eigenvalue weighted by molar-refractivity contribution is -0.870. The molecule has 74 heavy (non-hydrogen) atoms. The summed E-state index contributed by atoms with van der Waals surface area (Å²) in [5, 5.41) is 0. The van der Waals surface area contributed by atoms with Gasteiger partial charge in [-0.3, -0.25) is 18.6 Å². The summed E-state index contributed by atoms with van der Waals surface area (Å²) in [7, 11) is 1.43. The van der Waals surface area contributed by atoms with Crippen molar-refractivity contribution in [1.29, 1.82) is 0 Å². The van der Waals surface area contributed by atoms with E-state index in [9.17, 15) is 19.0 Å². The molecule has 0 rings (SSSR count). The summed E-state index contributed by atoms with van der Waals surface area (Å²) in [4.78, 5) is 35.6. The largest absolute Gasteiger partial charge is 0.472 e. The fourth-order valence-corrected chi connectivity index (χ4v) is 7.69. The first-order chi connectivity index (χ1) is 36.0. The van der Waals surface area contributed by atoms with Gasteiger partial charge in [0.1, 0.15) is 19.8 Å². The van der Waals surface area contributed by atoms with Crippen molar-refractivity contribution < 1.29 is 42.1 Å². The Morgan fingerprint density at radius 1 is 0.432 bits per heavy atom. The van der Waals surface area contributed by atoms with Crippen molar-refractivity contribution in [3.63, 3.8) is 0 Å². The second-order valence-electron chi connectivity index (χ2n) is 19.6. The zero-order chi connectivity index (χ0) is 54.2. The number of carbonyl (C=O) groups is 2. The lowest BCUT2D eigenvalue weighted by Crippen LogP contribution is -2.37. The topological polar surface area (TPSA) is 108 Å². The first-order valence-electron chi connectivity index (χ1n) is 28.6. The molecule has 0 radical (unpaired) electrons. The molecule has 0 heterocycles. The standard InChI is InChI=1S/C64H104NO8P/c1-6-8-10-12-14-16-18-20-22-23-24-25-26-27-28-29-30-31-32-33-34-35-36-37-38-39-40-41-43-45-47-49-51-53-55-57-64(67)73-62(61-72-74(68,69)71-59-58-65(3,4)5)60-70-63(66)56-54-52-50-48-46-44-42-21-19-17-15-13-11-9-7-2/h8,10,14-17,20-22,24-25,27-28,30-31,33-34,36-37,39-40,42-43,45,62H,6-7,9,11-13,18-19,23,26,29,32,35,38,41,44,46-61H2,1-5H3/p+1/b10-8-,16-14-,17-15-,22-20-,25-24-,28-27-,31-30-,34-33-,37-36-,40-39-,42-21-,45-43-. The molecule has 10 heteroatoms. The molecule has 0 spiro atoms. The second-order valence-corrected chi connectivity index (χ2v) is 21.0. The molecule has 1 N–H and O–H groups in total. The van der Waals surface area contributed by atoms with Gasteiger partial charge in [-0.15, -0.1) is 0 Å². The molecule has 0 aliphatic rings. The van der Waals surface area contributed by atoms with Crippen molar-refractivity contribution >= 4 is 19.8 Å². The zero-order valence-corrected chi connectivity index (χ0v) is 48.2. The number of likely N-dealkylation sites (N-methyl/N-ethyl adjacent to an activating group) is 1. The molecule has 2 unspecified atom stereocenters. The highest BCUT2D eigenvalue weighted by atomic mass is 31.2. The number of hydrogen-bond acceptors (Lipinski definition) is 7. The minimum absolute atomic E-state index is 0.0156. The third-order valence-electron chi connectivity index (χ3n) is 11.4. The van der Waals surface area contributed by atoms with E-state index in [1.807, 2.05) is 21.1 Å². The fraction of sp³-hybridized carbons (Fsp3) is 0.594. The average molecular weight is 1050 g/mol. The Morgan fingerprint density at radius 3 is 1.15 bits per heavy atom. The molecule has 0 aliphatic carbocycles. The Hall–Kier alpha value is -4.11. The van der Waals surface area contributed by atoms with E-state index in [4.69, 9.17) is 18.5 Å². The summed E-state index contributed by atoms with van der Waals surface area (Å²) in [5.41, 5.74) is 0. The number of hydrogen-bond donors (Lipinski definition) is 1. The van der Waals surface area contributed by atoms with E-state index in [-0.39, 0.29) is 26.1 Å². The number of rotatable bonds is 50. The van der Waals surface area contributed by atoms with E-state index in [2.05, 4.69) is 160 Å². The SMILES string of the molecule is CC/C=C\C/C=C\C/C=C\C/C=C\C/C=C\C/C=C\C/C=C\C/C=C\C/C=C\C/C=C\CCCCCCC(=O)OC(COC(=O)CCCCCCC/C=C\C/C=C\CCCCC)COP(=O)(O)OCC[N+](C)(C)C. The van der Waals surface area contributed by atoms with Crippen molar-refractivity contribution in [1.82, 2.24) is 0 Å². The van der Waals surface area contributed by atoms with Crippen LogP contribution in [0.4, 0.5) is 0 Å². The average Bonchev–Trinajstić information content (AvgIpc) is 3.36. The number of quaternary nitrogens is 1. The lowest BCUT2D eigenvalue weighted by Gasteiger charge is -2.24. The van der Waals surface area contributed by atoms with Crippen LogP contribution in [0, 0.1) is 0 Å². The quantitative estimate of drug-likeness (QED) is 0.0211. The number of ether oxygens (including phenoxy) is 2. The van der Waals surface area contributed by atoms with E-state index in [1.54, 1.807) is 0 Å². The summed E-state index contributed by atoms with van der Waals surface area (Å²) in [6.45, 7) is 4.21. The van der Waals surface area contributed by atoms with Crippen LogP contribution in [0.5, 0.6) is 0 Å². The molecule has 0 aromatic rings. The van der Waals surface area contributed by atoms with Gasteiger partial charge in [0, 0.05) is 12.8 Å². The van der Waals surface area contributed by atoms with Crippen LogP contribution in [0.3, 0.4) is 0 Å². The summed E-state index contributed by atoms with van der Waals surface area (Å²) in [6.07, 6.45) is 79.2. The Balaban J connectivity index is 4.27. The zero-order valence-electron chi connectivity index (χ0n) is 47.3. The molecule has 0 fully saturated rings. The number of allylic oxidation sites excluding steroid dienone is 24. The van der Waals surface area contributed by atoms with Gasteiger partial charge in [0.25, 0.3) is 0 Å². The lowest BCUT2D eigenvalue weighted by atomic mass is 10.1. The van der Waals surface area contributed by atoms with Crippen molar-refractivity contribution in [3.05, 3.63) is 146 Å². The van der Waals surface area contributed by atoms with Gasteiger partial charge >= 0.3 is 19.8 Å². The predicted octanol–water partition coefficient (Wildman–Crippen LogP) is 17.9. The number of unbranched alkanes of at least 4 members (excludes halogenated alkanes) is 12. The van der Waals surface area contributed by atoms with Gasteiger partial charge in [-0.25, -0.2) is 4.57 Å². The molecular weight excluding hydrogens is 942 g/mol. The minimum atomic E-state index is -4.40. The maximum Gasteiger partial charge on any atom is 0.472 e. The minimum Gasteiger partial charge on any atom is -0.462 e. The van der Waals surface area contributed by atoms with Crippen LogP contribution in [0.25, 0.3) is 0 Å². The summed E-state index contributed by atoms with van der Waals surface area (Å²) < 4.78 is 34.4. The Bertz CT molecular complexity index is 1760. The molecule has 9 nitrogen and oxygen atoms in total. The van der Waals surface area contributed by atoms with Crippen LogP contribution in [-0.2, 0) is 32.7 Å². The maximum atomic E-state index is 12.8. The number of phosphoric acid groups is 1. The predicted molar refractivity (Wildman–Crippen MR) is 316 cm³/mol. The highest BCUT2D eigenvalue weighted by molar-refractivity contribution is 7.47. The van der Waals surface area contributed by atoms with Gasteiger partial charge in [0.15, 0.2) is 6.10 Å². The maximum absolute atomic E-state index is 12.8. The van der Waals surface area contributed by atoms with Gasteiger partial charge in [0.2, 0.25) is 0 Å². The van der Waals surface area contributed by atoms with Crippen molar-refractivity contribution in [3.8, 4) is 0 Å². The number of nitrogens with zero attached hydrogens (tertiary/aromatic N) is 1. The normalized spacial score (nSPS) is 14.4. The van der Waals surface area contributed by atoms with E-state index < -0.39 is 32.5 Å². The van der Waals surface area contributed by atoms with E-state index >= 15 is 0 Å². The number of carbonyl (C=O) groups excluding carboxylic acids is 2. The molecule has 0 aromatic carbocycles. The molecule has 0 aliphatic heterocycles. The van der Waals surface area contributed by atoms with E-state index in [1.165, 1.54) is 25.7 Å². The molecule has 418 valence electrons. The summed E-state index contributed by atoms with van der Waals surface area (Å²) in [5.74, 6) is -0.856. The fourth-order valence-electron chi connectivity index (χ4n) is 6.95. The van der Waals surface area contributed by atoms with Crippen LogP contribution in [-0.4, -0.2) is 74.9 Å². The van der Waals surface area contributed by atoms with Crippen LogP contribution in [0.1, 0.15) is 194 Å². The van der Waals surface area contributed by atoms with E-state index in [0.717, 1.165) is 128 Å². The molecule has 0 aromatic heterocycles. The second kappa shape index (κ2) is 53.7. The first kappa shape index (κ1) is 69.9. The van der Waals surface area contributed by atoms with E-state index in [0.29, 0.717) is 23.9 Å². The van der Waals surface area contributed by atoms with Crippen LogP contribution >= 0.6 is 7.82 Å². The molecule has 2 atom stereocenters. The molecule has 0 saturated heterocycles. The highest BCUT2D eigenvalue weighted by Gasteiger charge is 2.27. The molecular formula is C64H105NO8P+. The van der Waals surface area contributed by atoms with Gasteiger partial charge in [-0.05, 0) is 122 Å². The van der Waals surface area contributed by atoms with Crippen molar-refractivity contribution in [2.45, 2.75) is 200 Å². The summed E-state index contributed by atoms with van der Waals surface area (Å²) in [6, 6.07) is 0. The third-order valence-corrected chi connectivity index (χ3v) is 12.3. The smallest absolute Gasteiger partial charge is 0.462 e.